The lowest BCUT2D eigenvalue weighted by Gasteiger charge is -2.03. The standard InChI is InChI=1S/C22H19N3/c1-16-21(17(2)25(24-16)20-9-4-3-5-10-20)15-14-19-13-12-18-8-6-7-11-22(18)23-19/h3-15H,1-2H3/b15-14+. The van der Waals surface area contributed by atoms with E-state index in [-0.39, 0.29) is 0 Å². The zero-order valence-electron chi connectivity index (χ0n) is 14.3. The van der Waals surface area contributed by atoms with Gasteiger partial charge in [-0.1, -0.05) is 42.5 Å². The van der Waals surface area contributed by atoms with Gasteiger partial charge in [0.1, 0.15) is 0 Å². The van der Waals surface area contributed by atoms with Crippen molar-refractivity contribution in [2.45, 2.75) is 13.8 Å². The summed E-state index contributed by atoms with van der Waals surface area (Å²) in [5.74, 6) is 0. The Morgan fingerprint density at radius 1 is 0.800 bits per heavy atom. The Labute approximate surface area is 147 Å². The van der Waals surface area contributed by atoms with Crippen LogP contribution in [-0.2, 0) is 0 Å². The maximum absolute atomic E-state index is 4.70. The number of aryl methyl sites for hydroxylation is 1. The van der Waals surface area contributed by atoms with Gasteiger partial charge in [-0.2, -0.15) is 5.10 Å². The van der Waals surface area contributed by atoms with Crippen LogP contribution in [0.2, 0.25) is 0 Å². The van der Waals surface area contributed by atoms with Crippen molar-refractivity contribution < 1.29 is 0 Å². The van der Waals surface area contributed by atoms with Gasteiger partial charge >= 0.3 is 0 Å². The molecular formula is C22H19N3. The number of pyridine rings is 1. The van der Waals surface area contributed by atoms with Crippen molar-refractivity contribution in [3.05, 3.63) is 89.4 Å². The summed E-state index contributed by atoms with van der Waals surface area (Å²) in [6, 6.07) is 22.5. The van der Waals surface area contributed by atoms with Gasteiger partial charge in [0.15, 0.2) is 0 Å². The maximum Gasteiger partial charge on any atom is 0.0709 e. The lowest BCUT2D eigenvalue weighted by Crippen LogP contribution is -1.98. The number of hydrogen-bond donors (Lipinski definition) is 0. The topological polar surface area (TPSA) is 30.7 Å². The Morgan fingerprint density at radius 3 is 2.40 bits per heavy atom. The molecule has 25 heavy (non-hydrogen) atoms. The Hall–Kier alpha value is -3.20. The summed E-state index contributed by atoms with van der Waals surface area (Å²) < 4.78 is 1.99. The summed E-state index contributed by atoms with van der Waals surface area (Å²) in [7, 11) is 0. The Bertz CT molecular complexity index is 1060. The van der Waals surface area contributed by atoms with Gasteiger partial charge in [0.05, 0.1) is 22.6 Å². The van der Waals surface area contributed by atoms with Gasteiger partial charge in [-0.3, -0.25) is 0 Å². The molecule has 0 saturated carbocycles. The Morgan fingerprint density at radius 2 is 1.56 bits per heavy atom. The van der Waals surface area contributed by atoms with Crippen molar-refractivity contribution in [2.75, 3.05) is 0 Å². The molecule has 0 aliphatic rings. The van der Waals surface area contributed by atoms with Crippen LogP contribution in [0, 0.1) is 13.8 Å². The van der Waals surface area contributed by atoms with E-state index < -0.39 is 0 Å². The first-order valence-electron chi connectivity index (χ1n) is 8.38. The molecule has 0 saturated heterocycles. The summed E-state index contributed by atoms with van der Waals surface area (Å²) in [6.07, 6.45) is 4.16. The smallest absolute Gasteiger partial charge is 0.0709 e. The molecule has 122 valence electrons. The molecule has 4 rings (SSSR count). The maximum atomic E-state index is 4.70. The van der Waals surface area contributed by atoms with Crippen LogP contribution in [0.4, 0.5) is 0 Å². The van der Waals surface area contributed by atoms with E-state index in [0.29, 0.717) is 0 Å². The van der Waals surface area contributed by atoms with Gasteiger partial charge < -0.3 is 0 Å². The highest BCUT2D eigenvalue weighted by Crippen LogP contribution is 2.20. The third kappa shape index (κ3) is 2.96. The SMILES string of the molecule is Cc1nn(-c2ccccc2)c(C)c1/C=C/c1ccc2ccccc2n1. The van der Waals surface area contributed by atoms with Crippen LogP contribution in [0.3, 0.4) is 0 Å². The summed E-state index contributed by atoms with van der Waals surface area (Å²) in [5.41, 5.74) is 6.31. The van der Waals surface area contributed by atoms with Crippen molar-refractivity contribution in [3.63, 3.8) is 0 Å². The predicted octanol–water partition coefficient (Wildman–Crippen LogP) is 5.21. The van der Waals surface area contributed by atoms with Gasteiger partial charge in [-0.05, 0) is 50.3 Å². The second kappa shape index (κ2) is 6.36. The van der Waals surface area contributed by atoms with Crippen molar-refractivity contribution in [1.82, 2.24) is 14.8 Å². The molecule has 2 aromatic carbocycles. The molecule has 4 aromatic rings. The first kappa shape index (κ1) is 15.3. The second-order valence-electron chi connectivity index (χ2n) is 6.09. The number of aromatic nitrogens is 3. The van der Waals surface area contributed by atoms with E-state index in [2.05, 4.69) is 48.4 Å². The normalized spacial score (nSPS) is 11.4. The number of benzene rings is 2. The second-order valence-corrected chi connectivity index (χ2v) is 6.09. The first-order chi connectivity index (χ1) is 12.2. The first-order valence-corrected chi connectivity index (χ1v) is 8.38. The largest absolute Gasteiger partial charge is 0.248 e. The van der Waals surface area contributed by atoms with Crippen LogP contribution in [0.1, 0.15) is 22.6 Å². The number of nitrogens with zero attached hydrogens (tertiary/aromatic N) is 3. The molecule has 0 spiro atoms. The van der Waals surface area contributed by atoms with E-state index in [1.807, 2.05) is 54.1 Å². The molecule has 0 bridgehead atoms. The average Bonchev–Trinajstić information content (AvgIpc) is 2.94. The van der Waals surface area contributed by atoms with Crippen LogP contribution in [-0.4, -0.2) is 14.8 Å². The van der Waals surface area contributed by atoms with E-state index >= 15 is 0 Å². The zero-order valence-corrected chi connectivity index (χ0v) is 14.3. The molecule has 2 heterocycles. The minimum atomic E-state index is 0.949. The molecule has 0 N–H and O–H groups in total. The van der Waals surface area contributed by atoms with Crippen LogP contribution < -0.4 is 0 Å². The quantitative estimate of drug-likeness (QED) is 0.518. The highest BCUT2D eigenvalue weighted by atomic mass is 15.3. The van der Waals surface area contributed by atoms with Crippen molar-refractivity contribution in [3.8, 4) is 5.69 Å². The highest BCUT2D eigenvalue weighted by molar-refractivity contribution is 5.81. The molecule has 0 amide bonds. The molecule has 0 aliphatic carbocycles. The zero-order chi connectivity index (χ0) is 17.2. The monoisotopic (exact) mass is 325 g/mol. The van der Waals surface area contributed by atoms with Crippen LogP contribution in [0.5, 0.6) is 0 Å². The van der Waals surface area contributed by atoms with E-state index in [0.717, 1.165) is 39.2 Å². The molecular weight excluding hydrogens is 306 g/mol. The van der Waals surface area contributed by atoms with E-state index in [1.165, 1.54) is 0 Å². The molecule has 3 heteroatoms. The number of hydrogen-bond acceptors (Lipinski definition) is 2. The highest BCUT2D eigenvalue weighted by Gasteiger charge is 2.10. The number of para-hydroxylation sites is 2. The Kier molecular flexibility index (Phi) is 3.90. The van der Waals surface area contributed by atoms with Crippen LogP contribution >= 0.6 is 0 Å². The van der Waals surface area contributed by atoms with Gasteiger partial charge in [-0.25, -0.2) is 9.67 Å². The summed E-state index contributed by atoms with van der Waals surface area (Å²) in [5, 5.41) is 5.84. The van der Waals surface area contributed by atoms with Crippen LogP contribution in [0.15, 0.2) is 66.7 Å². The fourth-order valence-corrected chi connectivity index (χ4v) is 3.06. The van der Waals surface area contributed by atoms with Crippen molar-refractivity contribution in [2.24, 2.45) is 0 Å². The molecule has 0 radical (unpaired) electrons. The molecule has 0 unspecified atom stereocenters. The lowest BCUT2D eigenvalue weighted by atomic mass is 10.1. The van der Waals surface area contributed by atoms with E-state index in [9.17, 15) is 0 Å². The van der Waals surface area contributed by atoms with E-state index in [1.54, 1.807) is 0 Å². The van der Waals surface area contributed by atoms with E-state index in [4.69, 9.17) is 4.98 Å². The summed E-state index contributed by atoms with van der Waals surface area (Å²) in [4.78, 5) is 4.70. The molecule has 0 aliphatic heterocycles. The third-order valence-electron chi connectivity index (χ3n) is 4.39. The molecule has 2 aromatic heterocycles. The summed E-state index contributed by atoms with van der Waals surface area (Å²) in [6.45, 7) is 4.14. The van der Waals surface area contributed by atoms with Gasteiger partial charge in [0, 0.05) is 16.6 Å². The Balaban J connectivity index is 1.70. The van der Waals surface area contributed by atoms with Gasteiger partial charge in [0.25, 0.3) is 0 Å². The fraction of sp³-hybridized carbons (Fsp3) is 0.0909. The minimum Gasteiger partial charge on any atom is -0.248 e. The van der Waals surface area contributed by atoms with Gasteiger partial charge in [0.2, 0.25) is 0 Å². The van der Waals surface area contributed by atoms with Crippen molar-refractivity contribution in [1.29, 1.82) is 0 Å². The van der Waals surface area contributed by atoms with Crippen LogP contribution in [0.25, 0.3) is 28.7 Å². The average molecular weight is 325 g/mol. The number of rotatable bonds is 3. The number of fused-ring (bicyclic) bond motifs is 1. The predicted molar refractivity (Wildman–Crippen MR) is 104 cm³/mol. The molecule has 0 atom stereocenters. The minimum absolute atomic E-state index is 0.949. The van der Waals surface area contributed by atoms with Gasteiger partial charge in [-0.15, -0.1) is 0 Å². The third-order valence-corrected chi connectivity index (χ3v) is 4.39. The fourth-order valence-electron chi connectivity index (χ4n) is 3.06. The molecule has 0 fully saturated rings. The summed E-state index contributed by atoms with van der Waals surface area (Å²) >= 11 is 0. The van der Waals surface area contributed by atoms with Crippen molar-refractivity contribution >= 4 is 23.1 Å². The lowest BCUT2D eigenvalue weighted by molar-refractivity contribution is 0.833. The molecule has 3 nitrogen and oxygen atoms in total.